The fourth-order valence-electron chi connectivity index (χ4n) is 2.85. The molecule has 0 bridgehead atoms. The predicted molar refractivity (Wildman–Crippen MR) is 93.1 cm³/mol. The van der Waals surface area contributed by atoms with Crippen LogP contribution in [0.2, 0.25) is 0 Å². The Labute approximate surface area is 138 Å². The molecule has 8 nitrogen and oxygen atoms in total. The van der Waals surface area contributed by atoms with Crippen LogP contribution in [0.15, 0.2) is 35.6 Å². The Balaban J connectivity index is 1.86. The van der Waals surface area contributed by atoms with Crippen LogP contribution >= 0.6 is 11.3 Å². The van der Waals surface area contributed by atoms with Crippen LogP contribution in [0.4, 0.5) is 5.69 Å². The number of aromatic nitrogens is 6. The number of aromatic amines is 1. The van der Waals surface area contributed by atoms with Crippen molar-refractivity contribution in [3.05, 3.63) is 41.2 Å². The highest BCUT2D eigenvalue weighted by Gasteiger charge is 2.17. The van der Waals surface area contributed by atoms with Gasteiger partial charge in [0.1, 0.15) is 21.3 Å². The lowest BCUT2D eigenvalue weighted by molar-refractivity contribution is 0.768. The minimum absolute atomic E-state index is 0.195. The second-order valence-electron chi connectivity index (χ2n) is 5.59. The Bertz CT molecular complexity index is 1310. The van der Waals surface area contributed by atoms with Gasteiger partial charge in [-0.3, -0.25) is 14.5 Å². The SMILES string of the molecule is Cn1cc(-c2cn3nc4c5ncc(N)cc5[nH]c(=O)c4c3s2)cn1. The molecule has 0 atom stereocenters. The predicted octanol–water partition coefficient (Wildman–Crippen LogP) is 1.77. The van der Waals surface area contributed by atoms with Crippen LogP contribution in [-0.4, -0.2) is 29.4 Å². The first kappa shape index (κ1) is 13.3. The topological polar surface area (TPSA) is 107 Å². The number of rotatable bonds is 1. The van der Waals surface area contributed by atoms with Crippen molar-refractivity contribution in [1.82, 2.24) is 29.4 Å². The number of aryl methyl sites for hydroxylation is 1. The Morgan fingerprint density at radius 3 is 2.92 bits per heavy atom. The number of nitrogen functional groups attached to an aromatic ring is 1. The van der Waals surface area contributed by atoms with Gasteiger partial charge in [0.15, 0.2) is 0 Å². The molecule has 24 heavy (non-hydrogen) atoms. The van der Waals surface area contributed by atoms with E-state index in [1.54, 1.807) is 27.7 Å². The van der Waals surface area contributed by atoms with Crippen LogP contribution in [0.25, 0.3) is 37.2 Å². The molecule has 0 saturated carbocycles. The van der Waals surface area contributed by atoms with Crippen LogP contribution < -0.4 is 11.3 Å². The summed E-state index contributed by atoms with van der Waals surface area (Å²) in [6, 6.07) is 1.69. The maximum atomic E-state index is 12.5. The summed E-state index contributed by atoms with van der Waals surface area (Å²) >= 11 is 1.50. The quantitative estimate of drug-likeness (QED) is 0.485. The smallest absolute Gasteiger partial charge is 0.261 e. The number of nitrogens with two attached hydrogens (primary N) is 1. The highest BCUT2D eigenvalue weighted by atomic mass is 32.1. The fraction of sp³-hybridized carbons (Fsp3) is 0.0667. The zero-order valence-electron chi connectivity index (χ0n) is 12.5. The summed E-state index contributed by atoms with van der Waals surface area (Å²) in [6.07, 6.45) is 7.18. The Morgan fingerprint density at radius 2 is 2.12 bits per heavy atom. The number of thiazole rings is 1. The third-order valence-corrected chi connectivity index (χ3v) is 5.06. The number of hydrogen-bond acceptors (Lipinski definition) is 6. The third kappa shape index (κ3) is 1.72. The molecular weight excluding hydrogens is 326 g/mol. The molecule has 0 aliphatic heterocycles. The molecule has 0 aliphatic carbocycles. The van der Waals surface area contributed by atoms with E-state index < -0.39 is 0 Å². The van der Waals surface area contributed by atoms with Gasteiger partial charge in [0.05, 0.1) is 28.5 Å². The zero-order valence-corrected chi connectivity index (χ0v) is 13.3. The first-order valence-electron chi connectivity index (χ1n) is 7.18. The summed E-state index contributed by atoms with van der Waals surface area (Å²) in [6.45, 7) is 0. The highest BCUT2D eigenvalue weighted by molar-refractivity contribution is 7.21. The Hall–Kier alpha value is -3.20. The van der Waals surface area contributed by atoms with Gasteiger partial charge in [0, 0.05) is 25.0 Å². The molecule has 3 N–H and O–H groups in total. The van der Waals surface area contributed by atoms with Crippen molar-refractivity contribution in [3.8, 4) is 10.4 Å². The molecule has 0 aliphatic rings. The van der Waals surface area contributed by atoms with Crippen molar-refractivity contribution in [2.24, 2.45) is 7.05 Å². The van der Waals surface area contributed by atoms with Gasteiger partial charge in [-0.1, -0.05) is 0 Å². The number of nitrogens with one attached hydrogen (secondary N) is 1. The van der Waals surface area contributed by atoms with Gasteiger partial charge >= 0.3 is 0 Å². The van der Waals surface area contributed by atoms with E-state index in [0.29, 0.717) is 27.6 Å². The minimum Gasteiger partial charge on any atom is -0.397 e. The molecule has 118 valence electrons. The van der Waals surface area contributed by atoms with E-state index in [4.69, 9.17) is 5.73 Å². The summed E-state index contributed by atoms with van der Waals surface area (Å²) in [5.41, 5.74) is 8.84. The van der Waals surface area contributed by atoms with E-state index in [1.807, 2.05) is 19.4 Å². The first-order valence-corrected chi connectivity index (χ1v) is 8.00. The summed E-state index contributed by atoms with van der Waals surface area (Å²) in [5.74, 6) is 0. The van der Waals surface area contributed by atoms with Crippen molar-refractivity contribution >= 4 is 43.8 Å². The number of anilines is 1. The lowest BCUT2D eigenvalue weighted by atomic mass is 10.2. The van der Waals surface area contributed by atoms with Gasteiger partial charge in [0.2, 0.25) is 0 Å². The molecular formula is C15H11N7OS. The van der Waals surface area contributed by atoms with Crippen LogP contribution in [0, 0.1) is 0 Å². The van der Waals surface area contributed by atoms with Gasteiger partial charge < -0.3 is 10.7 Å². The highest BCUT2D eigenvalue weighted by Crippen LogP contribution is 2.32. The number of fused-ring (bicyclic) bond motifs is 5. The molecule has 0 unspecified atom stereocenters. The summed E-state index contributed by atoms with van der Waals surface area (Å²) < 4.78 is 3.47. The largest absolute Gasteiger partial charge is 0.397 e. The van der Waals surface area contributed by atoms with Crippen molar-refractivity contribution in [2.75, 3.05) is 5.73 Å². The molecule has 5 aromatic heterocycles. The number of H-pyrrole nitrogens is 1. The number of nitrogens with zero attached hydrogens (tertiary/aromatic N) is 5. The van der Waals surface area contributed by atoms with Gasteiger partial charge in [-0.05, 0) is 6.07 Å². The van der Waals surface area contributed by atoms with Gasteiger partial charge in [-0.15, -0.1) is 11.3 Å². The molecule has 9 heteroatoms. The van der Waals surface area contributed by atoms with Crippen molar-refractivity contribution in [1.29, 1.82) is 0 Å². The molecule has 0 saturated heterocycles. The average Bonchev–Trinajstić information content (AvgIpc) is 3.20. The maximum Gasteiger partial charge on any atom is 0.261 e. The zero-order chi connectivity index (χ0) is 16.4. The molecule has 0 amide bonds. The van der Waals surface area contributed by atoms with Crippen LogP contribution in [0.5, 0.6) is 0 Å². The molecule has 0 radical (unpaired) electrons. The van der Waals surface area contributed by atoms with Crippen molar-refractivity contribution in [3.63, 3.8) is 0 Å². The van der Waals surface area contributed by atoms with E-state index in [-0.39, 0.29) is 5.56 Å². The summed E-state index contributed by atoms with van der Waals surface area (Å²) in [5, 5.41) is 9.29. The van der Waals surface area contributed by atoms with E-state index >= 15 is 0 Å². The van der Waals surface area contributed by atoms with Gasteiger partial charge in [0.25, 0.3) is 5.56 Å². The lowest BCUT2D eigenvalue weighted by Gasteiger charge is -1.99. The molecule has 0 fully saturated rings. The number of pyridine rings is 2. The molecule has 0 aromatic carbocycles. The normalized spacial score (nSPS) is 11.9. The summed E-state index contributed by atoms with van der Waals surface area (Å²) in [7, 11) is 1.87. The van der Waals surface area contributed by atoms with Crippen LogP contribution in [0.1, 0.15) is 0 Å². The van der Waals surface area contributed by atoms with Crippen molar-refractivity contribution in [2.45, 2.75) is 0 Å². The lowest BCUT2D eigenvalue weighted by Crippen LogP contribution is -2.06. The maximum absolute atomic E-state index is 12.5. The van der Waals surface area contributed by atoms with E-state index in [0.717, 1.165) is 15.3 Å². The van der Waals surface area contributed by atoms with Gasteiger partial charge in [-0.25, -0.2) is 4.52 Å². The molecule has 0 spiro atoms. The minimum atomic E-state index is -0.195. The molecule has 5 aromatic rings. The molecule has 5 heterocycles. The van der Waals surface area contributed by atoms with E-state index in [2.05, 4.69) is 20.2 Å². The average molecular weight is 337 g/mol. The second kappa shape index (κ2) is 4.42. The summed E-state index contributed by atoms with van der Waals surface area (Å²) in [4.78, 5) is 21.5. The monoisotopic (exact) mass is 337 g/mol. The third-order valence-electron chi connectivity index (χ3n) is 3.91. The van der Waals surface area contributed by atoms with E-state index in [9.17, 15) is 4.79 Å². The fourth-order valence-corrected chi connectivity index (χ4v) is 3.91. The Kier molecular flexibility index (Phi) is 2.44. The van der Waals surface area contributed by atoms with Crippen molar-refractivity contribution < 1.29 is 0 Å². The standard InChI is InChI=1S/C15H11N7OS/c1-21-5-7(3-18-21)10-6-22-15(24-10)11-13(20-22)12-9(19-14(11)23)2-8(16)4-17-12/h2-6H,16H2,1H3,(H,19,23). The van der Waals surface area contributed by atoms with E-state index in [1.165, 1.54) is 11.3 Å². The number of hydrogen-bond donors (Lipinski definition) is 2. The van der Waals surface area contributed by atoms with Gasteiger partial charge in [-0.2, -0.15) is 10.2 Å². The second-order valence-corrected chi connectivity index (χ2v) is 6.62. The Morgan fingerprint density at radius 1 is 1.25 bits per heavy atom. The first-order chi connectivity index (χ1) is 11.6. The van der Waals surface area contributed by atoms with Crippen LogP contribution in [-0.2, 0) is 7.05 Å². The van der Waals surface area contributed by atoms with Crippen LogP contribution in [0.3, 0.4) is 0 Å². The molecule has 5 rings (SSSR count).